The second kappa shape index (κ2) is 8.70. The molecule has 0 radical (unpaired) electrons. The van der Waals surface area contributed by atoms with Crippen molar-refractivity contribution in [2.24, 2.45) is 5.92 Å². The van der Waals surface area contributed by atoms with Crippen LogP contribution in [0.1, 0.15) is 51.4 Å². The van der Waals surface area contributed by atoms with Gasteiger partial charge in [-0.3, -0.25) is 4.79 Å². The number of aryl methyl sites for hydroxylation is 1. The fourth-order valence-electron chi connectivity index (χ4n) is 3.53. The van der Waals surface area contributed by atoms with Crippen LogP contribution in [0, 0.1) is 12.8 Å². The van der Waals surface area contributed by atoms with E-state index in [1.165, 1.54) is 0 Å². The second-order valence-electron chi connectivity index (χ2n) is 6.95. The number of carboxylic acid groups (broad SMARTS) is 1. The van der Waals surface area contributed by atoms with Crippen molar-refractivity contribution in [3.63, 3.8) is 0 Å². The Balaban J connectivity index is 0.00000243. The van der Waals surface area contributed by atoms with E-state index < -0.39 is 5.97 Å². The number of aliphatic carboxylic acids is 1. The SMILES string of the molecule is Cc1ncc(-c2ccnc(NC3CCC(C(=O)O)CC3)n2)n1C(C)C.[LiH]. The van der Waals surface area contributed by atoms with E-state index in [4.69, 9.17) is 5.11 Å². The first kappa shape index (κ1) is 20.5. The molecule has 1 aliphatic carbocycles. The number of nitrogens with zero attached hydrogens (tertiary/aromatic N) is 4. The average molecular weight is 351 g/mol. The zero-order valence-corrected chi connectivity index (χ0v) is 14.9. The van der Waals surface area contributed by atoms with Gasteiger partial charge in [0.2, 0.25) is 5.95 Å². The number of hydrogen-bond donors (Lipinski definition) is 2. The number of aromatic nitrogens is 4. The second-order valence-corrected chi connectivity index (χ2v) is 6.95. The summed E-state index contributed by atoms with van der Waals surface area (Å²) in [7, 11) is 0. The third-order valence-corrected chi connectivity index (χ3v) is 4.83. The summed E-state index contributed by atoms with van der Waals surface area (Å²) in [6.45, 7) is 6.24. The Morgan fingerprint density at radius 3 is 2.58 bits per heavy atom. The van der Waals surface area contributed by atoms with Crippen molar-refractivity contribution in [2.75, 3.05) is 5.32 Å². The molecule has 0 spiro atoms. The van der Waals surface area contributed by atoms with Crippen LogP contribution in [0.2, 0.25) is 0 Å². The molecule has 2 aromatic rings. The number of hydrogen-bond acceptors (Lipinski definition) is 5. The molecule has 8 heteroatoms. The molecular formula is C18H26LiN5O2. The predicted molar refractivity (Wildman–Crippen MR) is 103 cm³/mol. The van der Waals surface area contributed by atoms with Gasteiger partial charge in [0.25, 0.3) is 0 Å². The van der Waals surface area contributed by atoms with Gasteiger partial charge >= 0.3 is 24.8 Å². The van der Waals surface area contributed by atoms with Crippen molar-refractivity contribution in [2.45, 2.75) is 58.5 Å². The number of anilines is 1. The zero-order valence-electron chi connectivity index (χ0n) is 14.9. The molecule has 2 N–H and O–H groups in total. The Morgan fingerprint density at radius 2 is 1.96 bits per heavy atom. The predicted octanol–water partition coefficient (Wildman–Crippen LogP) is 2.64. The van der Waals surface area contributed by atoms with E-state index in [2.05, 4.69) is 38.7 Å². The van der Waals surface area contributed by atoms with Crippen molar-refractivity contribution in [1.29, 1.82) is 0 Å². The summed E-state index contributed by atoms with van der Waals surface area (Å²) < 4.78 is 2.16. The van der Waals surface area contributed by atoms with Crippen LogP contribution in [-0.4, -0.2) is 55.5 Å². The molecule has 1 aliphatic rings. The third kappa shape index (κ3) is 4.46. The van der Waals surface area contributed by atoms with Gasteiger partial charge in [0, 0.05) is 18.3 Å². The van der Waals surface area contributed by atoms with Gasteiger partial charge in [0.15, 0.2) is 0 Å². The summed E-state index contributed by atoms with van der Waals surface area (Å²) in [4.78, 5) is 24.4. The van der Waals surface area contributed by atoms with Gasteiger partial charge in [-0.1, -0.05) is 0 Å². The molecule has 26 heavy (non-hydrogen) atoms. The Morgan fingerprint density at radius 1 is 1.27 bits per heavy atom. The zero-order chi connectivity index (χ0) is 18.0. The van der Waals surface area contributed by atoms with Crippen LogP contribution in [0.25, 0.3) is 11.4 Å². The van der Waals surface area contributed by atoms with Gasteiger partial charge in [-0.25, -0.2) is 15.0 Å². The minimum absolute atomic E-state index is 0. The van der Waals surface area contributed by atoms with E-state index in [1.807, 2.05) is 19.2 Å². The van der Waals surface area contributed by atoms with Gasteiger partial charge < -0.3 is 15.0 Å². The van der Waals surface area contributed by atoms with E-state index in [1.54, 1.807) is 6.20 Å². The molecule has 7 nitrogen and oxygen atoms in total. The monoisotopic (exact) mass is 351 g/mol. The van der Waals surface area contributed by atoms with Crippen LogP contribution < -0.4 is 5.32 Å². The standard InChI is InChI=1S/C18H25N5O2.Li.H/c1-11(2)23-12(3)20-10-16(23)15-8-9-19-18(22-15)21-14-6-4-13(5-7-14)17(24)25;;/h8-11,13-14H,4-7H2,1-3H3,(H,24,25)(H,19,21,22);;. The third-order valence-electron chi connectivity index (χ3n) is 4.83. The molecule has 0 amide bonds. The van der Waals surface area contributed by atoms with Gasteiger partial charge in [-0.2, -0.15) is 0 Å². The van der Waals surface area contributed by atoms with E-state index in [9.17, 15) is 4.79 Å². The van der Waals surface area contributed by atoms with Gasteiger partial charge in [-0.05, 0) is 52.5 Å². The van der Waals surface area contributed by atoms with Crippen LogP contribution in [0.3, 0.4) is 0 Å². The molecule has 0 unspecified atom stereocenters. The van der Waals surface area contributed by atoms with Crippen LogP contribution in [0.15, 0.2) is 18.5 Å². The fourth-order valence-corrected chi connectivity index (χ4v) is 3.53. The first-order valence-corrected chi connectivity index (χ1v) is 8.82. The van der Waals surface area contributed by atoms with Crippen molar-refractivity contribution in [1.82, 2.24) is 19.5 Å². The summed E-state index contributed by atoms with van der Waals surface area (Å²) in [5.41, 5.74) is 1.82. The summed E-state index contributed by atoms with van der Waals surface area (Å²) in [6, 6.07) is 2.42. The fraction of sp³-hybridized carbons (Fsp3) is 0.556. The molecule has 136 valence electrons. The quantitative estimate of drug-likeness (QED) is 0.805. The van der Waals surface area contributed by atoms with E-state index in [0.717, 1.165) is 30.1 Å². The molecule has 2 aromatic heterocycles. The van der Waals surface area contributed by atoms with Crippen LogP contribution in [0.5, 0.6) is 0 Å². The Bertz CT molecular complexity index is 754. The topological polar surface area (TPSA) is 92.9 Å². The van der Waals surface area contributed by atoms with Gasteiger partial charge in [0.1, 0.15) is 5.82 Å². The van der Waals surface area contributed by atoms with Crippen LogP contribution in [-0.2, 0) is 4.79 Å². The number of imidazole rings is 1. The van der Waals surface area contributed by atoms with E-state index in [0.29, 0.717) is 24.8 Å². The maximum atomic E-state index is 11.1. The molecule has 0 aromatic carbocycles. The molecule has 1 saturated carbocycles. The minimum atomic E-state index is -0.686. The molecule has 2 heterocycles. The number of carboxylic acids is 1. The van der Waals surface area contributed by atoms with Crippen molar-refractivity contribution < 1.29 is 9.90 Å². The number of nitrogens with one attached hydrogen (secondary N) is 1. The summed E-state index contributed by atoms with van der Waals surface area (Å²) in [5, 5.41) is 12.5. The summed E-state index contributed by atoms with van der Waals surface area (Å²) in [6.07, 6.45) is 6.65. The number of carbonyl (C=O) groups is 1. The van der Waals surface area contributed by atoms with Crippen molar-refractivity contribution in [3.05, 3.63) is 24.3 Å². The van der Waals surface area contributed by atoms with Crippen molar-refractivity contribution >= 4 is 30.8 Å². The Kier molecular flexibility index (Phi) is 6.85. The first-order valence-electron chi connectivity index (χ1n) is 8.82. The summed E-state index contributed by atoms with van der Waals surface area (Å²) in [5.74, 6) is 0.651. The van der Waals surface area contributed by atoms with Gasteiger partial charge in [0.05, 0.1) is 23.5 Å². The molecule has 0 bridgehead atoms. The molecule has 3 rings (SSSR count). The van der Waals surface area contributed by atoms with Crippen LogP contribution >= 0.6 is 0 Å². The van der Waals surface area contributed by atoms with Gasteiger partial charge in [-0.15, -0.1) is 0 Å². The number of rotatable bonds is 5. The maximum absolute atomic E-state index is 11.1. The Hall–Kier alpha value is -1.84. The molecular weight excluding hydrogens is 325 g/mol. The normalized spacial score (nSPS) is 19.8. The molecule has 0 aliphatic heterocycles. The van der Waals surface area contributed by atoms with Crippen LogP contribution in [0.4, 0.5) is 5.95 Å². The van der Waals surface area contributed by atoms with E-state index in [-0.39, 0.29) is 30.8 Å². The Labute approximate surface area is 165 Å². The molecule has 1 fully saturated rings. The summed E-state index contributed by atoms with van der Waals surface area (Å²) >= 11 is 0. The average Bonchev–Trinajstić information content (AvgIpc) is 2.97. The molecule has 0 atom stereocenters. The molecule has 0 saturated heterocycles. The van der Waals surface area contributed by atoms with E-state index >= 15 is 0 Å². The first-order chi connectivity index (χ1) is 12.0. The van der Waals surface area contributed by atoms with Crippen molar-refractivity contribution in [3.8, 4) is 11.4 Å².